The smallest absolute Gasteiger partial charge is 0.264 e. The van der Waals surface area contributed by atoms with Gasteiger partial charge in [0.1, 0.15) is 10.7 Å². The van der Waals surface area contributed by atoms with Crippen LogP contribution in [0.1, 0.15) is 36.8 Å². The second kappa shape index (κ2) is 13.2. The number of sulfonamides is 1. The number of hydrogen-bond donors (Lipinski definition) is 2. The fourth-order valence-electron chi connectivity index (χ4n) is 5.05. The van der Waals surface area contributed by atoms with Crippen LogP contribution < -0.4 is 14.8 Å². The molecule has 0 bridgehead atoms. The second-order valence-electron chi connectivity index (χ2n) is 9.80. The Morgan fingerprint density at radius 3 is 2.45 bits per heavy atom. The molecule has 2 fully saturated rings. The first kappa shape index (κ1) is 28.7. The molecule has 1 aromatic carbocycles. The van der Waals surface area contributed by atoms with Gasteiger partial charge in [0.25, 0.3) is 10.0 Å². The van der Waals surface area contributed by atoms with E-state index in [-0.39, 0.29) is 21.6 Å². The molecule has 0 spiro atoms. The van der Waals surface area contributed by atoms with Gasteiger partial charge in [-0.3, -0.25) is 9.62 Å². The Kier molecular flexibility index (Phi) is 9.46. The summed E-state index contributed by atoms with van der Waals surface area (Å²) in [5.74, 6) is 3.55. The van der Waals surface area contributed by atoms with Crippen molar-refractivity contribution in [1.82, 2.24) is 19.9 Å². The highest BCUT2D eigenvalue weighted by atomic mass is 35.5. The van der Waals surface area contributed by atoms with Gasteiger partial charge in [0, 0.05) is 60.2 Å². The van der Waals surface area contributed by atoms with Crippen molar-refractivity contribution in [2.45, 2.75) is 42.7 Å². The number of pyridine rings is 1. The predicted molar refractivity (Wildman–Crippen MR) is 163 cm³/mol. The highest BCUT2D eigenvalue weighted by Gasteiger charge is 2.27. The Morgan fingerprint density at radius 2 is 1.75 bits per heavy atom. The van der Waals surface area contributed by atoms with E-state index >= 15 is 0 Å². The van der Waals surface area contributed by atoms with E-state index in [1.165, 1.54) is 56.7 Å². The van der Waals surface area contributed by atoms with Crippen LogP contribution in [-0.4, -0.2) is 72.1 Å². The number of rotatable bonds is 9. The van der Waals surface area contributed by atoms with Gasteiger partial charge >= 0.3 is 0 Å². The summed E-state index contributed by atoms with van der Waals surface area (Å²) in [6.07, 6.45) is 11.9. The molecular formula is C28H33ClN6O3S2. The zero-order valence-electron chi connectivity index (χ0n) is 22.3. The second-order valence-corrected chi connectivity index (χ2v) is 13.1. The molecule has 40 heavy (non-hydrogen) atoms. The molecule has 2 aliphatic rings. The van der Waals surface area contributed by atoms with Crippen molar-refractivity contribution in [3.05, 3.63) is 64.9 Å². The summed E-state index contributed by atoms with van der Waals surface area (Å²) in [5, 5.41) is 3.63. The number of nitrogens with one attached hydrogen (secondary N) is 2. The third kappa shape index (κ3) is 7.25. The molecule has 1 saturated carbocycles. The van der Waals surface area contributed by atoms with E-state index in [0.717, 1.165) is 24.4 Å². The van der Waals surface area contributed by atoms with Crippen LogP contribution in [0.15, 0.2) is 53.7 Å². The number of anilines is 2. The minimum absolute atomic E-state index is 0.0243. The number of thioether (sulfide) groups is 1. The molecule has 0 radical (unpaired) electrons. The average molecular weight is 601 g/mol. The van der Waals surface area contributed by atoms with Gasteiger partial charge in [-0.25, -0.2) is 18.4 Å². The Balaban J connectivity index is 1.17. The van der Waals surface area contributed by atoms with Gasteiger partial charge in [-0.2, -0.15) is 16.7 Å². The van der Waals surface area contributed by atoms with Crippen molar-refractivity contribution in [3.63, 3.8) is 0 Å². The summed E-state index contributed by atoms with van der Waals surface area (Å²) >= 11 is 8.12. The standard InChI is InChI=1S/C28H33ClN6O3S2/c1-38-27-21(8-13-26(33-27)34-40(36,37)25-5-3-2-4-24(25)29)7-6-20-18-30-28(31-19-20)32-22-9-11-23(12-10-22)35-14-16-39-17-15-35/h2-8,13,18-19,22-23H,9-12,14-17H2,1H3,(H,33,34)(H,30,31,32)/b7-6+. The van der Waals surface area contributed by atoms with Crippen molar-refractivity contribution in [2.75, 3.05) is 41.7 Å². The summed E-state index contributed by atoms with van der Waals surface area (Å²) in [6.45, 7) is 2.44. The van der Waals surface area contributed by atoms with Crippen LogP contribution in [0.3, 0.4) is 0 Å². The summed E-state index contributed by atoms with van der Waals surface area (Å²) < 4.78 is 33.3. The molecule has 0 atom stereocenters. The van der Waals surface area contributed by atoms with E-state index < -0.39 is 10.0 Å². The van der Waals surface area contributed by atoms with Crippen LogP contribution >= 0.6 is 23.4 Å². The fourth-order valence-corrected chi connectivity index (χ4v) is 7.50. The van der Waals surface area contributed by atoms with Gasteiger partial charge in [0.05, 0.1) is 12.1 Å². The quantitative estimate of drug-likeness (QED) is 0.339. The van der Waals surface area contributed by atoms with Gasteiger partial charge in [-0.05, 0) is 56.0 Å². The van der Waals surface area contributed by atoms with Crippen molar-refractivity contribution in [3.8, 4) is 5.88 Å². The molecule has 12 heteroatoms. The number of nitrogens with zero attached hydrogens (tertiary/aromatic N) is 4. The van der Waals surface area contributed by atoms with Crippen LogP contribution in [-0.2, 0) is 10.0 Å². The van der Waals surface area contributed by atoms with E-state index in [1.54, 1.807) is 36.7 Å². The van der Waals surface area contributed by atoms with Crippen LogP contribution in [0.25, 0.3) is 12.2 Å². The molecule has 1 aliphatic carbocycles. The molecule has 0 amide bonds. The average Bonchev–Trinajstić information content (AvgIpc) is 2.98. The molecule has 5 rings (SSSR count). The van der Waals surface area contributed by atoms with Gasteiger partial charge in [-0.1, -0.05) is 29.8 Å². The Morgan fingerprint density at radius 1 is 1.02 bits per heavy atom. The molecule has 3 heterocycles. The normalized spacial score (nSPS) is 20.4. The summed E-state index contributed by atoms with van der Waals surface area (Å²) in [4.78, 5) is 16.0. The zero-order chi connectivity index (χ0) is 28.0. The van der Waals surface area contributed by atoms with E-state index in [4.69, 9.17) is 16.3 Å². The number of hydrogen-bond acceptors (Lipinski definition) is 9. The molecule has 2 aromatic heterocycles. The molecule has 3 aromatic rings. The SMILES string of the molecule is COc1nc(NS(=O)(=O)c2ccccc2Cl)ccc1/C=C/c1cnc(NC2CCC(N3CCSCC3)CC2)nc1. The monoisotopic (exact) mass is 600 g/mol. The lowest BCUT2D eigenvalue weighted by Gasteiger charge is -2.38. The van der Waals surface area contributed by atoms with Crippen LogP contribution in [0, 0.1) is 0 Å². The van der Waals surface area contributed by atoms with E-state index in [1.807, 2.05) is 12.2 Å². The largest absolute Gasteiger partial charge is 0.481 e. The maximum Gasteiger partial charge on any atom is 0.264 e. The van der Waals surface area contributed by atoms with Crippen LogP contribution in [0.5, 0.6) is 5.88 Å². The molecular weight excluding hydrogens is 568 g/mol. The molecule has 2 N–H and O–H groups in total. The Bertz CT molecular complexity index is 1420. The van der Waals surface area contributed by atoms with Crippen molar-refractivity contribution in [1.29, 1.82) is 0 Å². The minimum Gasteiger partial charge on any atom is -0.481 e. The highest BCUT2D eigenvalue weighted by Crippen LogP contribution is 2.28. The van der Waals surface area contributed by atoms with Crippen molar-refractivity contribution < 1.29 is 13.2 Å². The van der Waals surface area contributed by atoms with Crippen LogP contribution in [0.2, 0.25) is 5.02 Å². The van der Waals surface area contributed by atoms with E-state index in [9.17, 15) is 8.42 Å². The Hall–Kier alpha value is -2.86. The van der Waals surface area contributed by atoms with Gasteiger partial charge < -0.3 is 10.1 Å². The molecule has 212 valence electrons. The number of halogens is 1. The van der Waals surface area contributed by atoms with Crippen LogP contribution in [0.4, 0.5) is 11.8 Å². The molecule has 9 nitrogen and oxygen atoms in total. The third-order valence-electron chi connectivity index (χ3n) is 7.17. The lowest BCUT2D eigenvalue weighted by atomic mass is 9.90. The summed E-state index contributed by atoms with van der Waals surface area (Å²) in [7, 11) is -2.42. The van der Waals surface area contributed by atoms with Gasteiger partial charge in [0.2, 0.25) is 11.8 Å². The molecule has 0 unspecified atom stereocenters. The lowest BCUT2D eigenvalue weighted by molar-refractivity contribution is 0.166. The van der Waals surface area contributed by atoms with E-state index in [2.05, 4.69) is 41.7 Å². The maximum absolute atomic E-state index is 12.7. The first-order valence-corrected chi connectivity index (χ1v) is 16.3. The summed E-state index contributed by atoms with van der Waals surface area (Å²) in [6, 6.07) is 10.6. The van der Waals surface area contributed by atoms with Crippen molar-refractivity contribution >= 4 is 57.3 Å². The number of aromatic nitrogens is 3. The number of ether oxygens (including phenoxy) is 1. The minimum atomic E-state index is -3.90. The Labute approximate surface area is 244 Å². The topological polar surface area (TPSA) is 109 Å². The highest BCUT2D eigenvalue weighted by molar-refractivity contribution is 7.99. The zero-order valence-corrected chi connectivity index (χ0v) is 24.7. The summed E-state index contributed by atoms with van der Waals surface area (Å²) in [5.41, 5.74) is 1.50. The molecule has 1 saturated heterocycles. The lowest BCUT2D eigenvalue weighted by Crippen LogP contribution is -2.44. The first-order valence-electron chi connectivity index (χ1n) is 13.3. The van der Waals surface area contributed by atoms with E-state index in [0.29, 0.717) is 17.6 Å². The van der Waals surface area contributed by atoms with Gasteiger partial charge in [-0.15, -0.1) is 0 Å². The van der Waals surface area contributed by atoms with Gasteiger partial charge in [0.15, 0.2) is 0 Å². The third-order valence-corrected chi connectivity index (χ3v) is 9.96. The maximum atomic E-state index is 12.7. The van der Waals surface area contributed by atoms with Crippen molar-refractivity contribution in [2.24, 2.45) is 0 Å². The first-order chi connectivity index (χ1) is 19.4. The molecule has 1 aliphatic heterocycles. The number of benzene rings is 1. The number of methoxy groups -OCH3 is 1. The fraction of sp³-hybridized carbons (Fsp3) is 0.393. The predicted octanol–water partition coefficient (Wildman–Crippen LogP) is 5.28.